The normalized spacial score (nSPS) is 14.2. The molecule has 1 aromatic carbocycles. The minimum absolute atomic E-state index is 0.139. The highest BCUT2D eigenvalue weighted by Gasteiger charge is 2.23. The lowest BCUT2D eigenvalue weighted by atomic mass is 9.94. The van der Waals surface area contributed by atoms with Crippen molar-refractivity contribution < 1.29 is 14.6 Å². The molecule has 0 amide bonds. The minimum atomic E-state index is -0.676. The first-order valence-electron chi connectivity index (χ1n) is 5.27. The first-order valence-corrected chi connectivity index (χ1v) is 5.27. The number of rotatable bonds is 4. The number of phenolic OH excluding ortho intramolecular Hbond substituents is 1. The lowest BCUT2D eigenvalue weighted by Gasteiger charge is -2.18. The molecular formula is C12H17NO3. The van der Waals surface area contributed by atoms with Gasteiger partial charge in [0.05, 0.1) is 6.61 Å². The molecule has 0 saturated carbocycles. The van der Waals surface area contributed by atoms with Gasteiger partial charge in [0.25, 0.3) is 0 Å². The fourth-order valence-electron chi connectivity index (χ4n) is 1.43. The first-order chi connectivity index (χ1) is 7.56. The van der Waals surface area contributed by atoms with Crippen LogP contribution in [-0.2, 0) is 9.53 Å². The summed E-state index contributed by atoms with van der Waals surface area (Å²) in [6.45, 7) is 3.93. The molecule has 0 aromatic heterocycles. The van der Waals surface area contributed by atoms with Gasteiger partial charge in [-0.2, -0.15) is 0 Å². The molecule has 2 atom stereocenters. The number of benzene rings is 1. The summed E-state index contributed by atoms with van der Waals surface area (Å²) >= 11 is 0. The van der Waals surface area contributed by atoms with E-state index in [2.05, 4.69) is 0 Å². The molecule has 0 aliphatic heterocycles. The van der Waals surface area contributed by atoms with Gasteiger partial charge in [-0.05, 0) is 24.6 Å². The van der Waals surface area contributed by atoms with Gasteiger partial charge < -0.3 is 15.6 Å². The zero-order valence-corrected chi connectivity index (χ0v) is 9.51. The predicted octanol–water partition coefficient (Wildman–Crippen LogP) is 1.39. The fourth-order valence-corrected chi connectivity index (χ4v) is 1.43. The van der Waals surface area contributed by atoms with Gasteiger partial charge in [0.15, 0.2) is 0 Å². The van der Waals surface area contributed by atoms with E-state index in [0.717, 1.165) is 5.56 Å². The second-order valence-corrected chi connectivity index (χ2v) is 3.66. The Morgan fingerprint density at radius 2 is 2.00 bits per heavy atom. The number of hydrogen-bond donors (Lipinski definition) is 2. The number of aromatic hydroxyl groups is 1. The van der Waals surface area contributed by atoms with Gasteiger partial charge in [-0.1, -0.05) is 19.1 Å². The van der Waals surface area contributed by atoms with Crippen molar-refractivity contribution in [3.05, 3.63) is 29.8 Å². The molecule has 0 aliphatic carbocycles. The number of phenols is 1. The van der Waals surface area contributed by atoms with E-state index in [0.29, 0.717) is 6.61 Å². The standard InChI is InChI=1S/C12H17NO3/c1-3-16-12(15)11(13)8(2)9-4-6-10(14)7-5-9/h4-8,11,14H,3,13H2,1-2H3/t8-,11-/m1/s1. The second kappa shape index (κ2) is 5.51. The van der Waals surface area contributed by atoms with Crippen LogP contribution in [0.2, 0.25) is 0 Å². The van der Waals surface area contributed by atoms with Crippen molar-refractivity contribution in [2.24, 2.45) is 5.73 Å². The van der Waals surface area contributed by atoms with Crippen LogP contribution in [0, 0.1) is 0 Å². The van der Waals surface area contributed by atoms with E-state index in [1.807, 2.05) is 6.92 Å². The topological polar surface area (TPSA) is 72.5 Å². The van der Waals surface area contributed by atoms with Crippen LogP contribution in [0.1, 0.15) is 25.3 Å². The van der Waals surface area contributed by atoms with Crippen LogP contribution in [0.15, 0.2) is 24.3 Å². The number of nitrogens with two attached hydrogens (primary N) is 1. The SMILES string of the molecule is CCOC(=O)[C@H](N)[C@H](C)c1ccc(O)cc1. The van der Waals surface area contributed by atoms with Crippen LogP contribution in [0.5, 0.6) is 5.75 Å². The van der Waals surface area contributed by atoms with Crippen molar-refractivity contribution in [3.63, 3.8) is 0 Å². The highest BCUT2D eigenvalue weighted by atomic mass is 16.5. The van der Waals surface area contributed by atoms with Crippen molar-refractivity contribution in [1.29, 1.82) is 0 Å². The number of carbonyl (C=O) groups excluding carboxylic acids is 1. The summed E-state index contributed by atoms with van der Waals surface area (Å²) in [7, 11) is 0. The molecule has 0 spiro atoms. The average Bonchev–Trinajstić information content (AvgIpc) is 2.28. The highest BCUT2D eigenvalue weighted by molar-refractivity contribution is 5.76. The number of esters is 1. The van der Waals surface area contributed by atoms with E-state index >= 15 is 0 Å². The maximum Gasteiger partial charge on any atom is 0.323 e. The zero-order valence-electron chi connectivity index (χ0n) is 9.51. The molecule has 4 nitrogen and oxygen atoms in total. The van der Waals surface area contributed by atoms with Gasteiger partial charge in [0.1, 0.15) is 11.8 Å². The number of carbonyl (C=O) groups is 1. The summed E-state index contributed by atoms with van der Waals surface area (Å²) in [4.78, 5) is 11.4. The average molecular weight is 223 g/mol. The van der Waals surface area contributed by atoms with Crippen LogP contribution < -0.4 is 5.73 Å². The third-order valence-electron chi connectivity index (χ3n) is 2.52. The molecule has 4 heteroatoms. The number of ether oxygens (including phenoxy) is 1. The predicted molar refractivity (Wildman–Crippen MR) is 61.1 cm³/mol. The molecule has 1 rings (SSSR count). The molecular weight excluding hydrogens is 206 g/mol. The molecule has 88 valence electrons. The molecule has 0 bridgehead atoms. The Labute approximate surface area is 95.0 Å². The first kappa shape index (κ1) is 12.5. The highest BCUT2D eigenvalue weighted by Crippen LogP contribution is 2.21. The summed E-state index contributed by atoms with van der Waals surface area (Å²) < 4.78 is 4.86. The minimum Gasteiger partial charge on any atom is -0.508 e. The van der Waals surface area contributed by atoms with Crippen LogP contribution in [0.4, 0.5) is 0 Å². The molecule has 0 unspecified atom stereocenters. The summed E-state index contributed by atoms with van der Waals surface area (Å²) in [6.07, 6.45) is 0. The van der Waals surface area contributed by atoms with Crippen LogP contribution in [-0.4, -0.2) is 23.7 Å². The maximum atomic E-state index is 11.4. The van der Waals surface area contributed by atoms with E-state index in [-0.39, 0.29) is 11.7 Å². The van der Waals surface area contributed by atoms with Gasteiger partial charge >= 0.3 is 5.97 Å². The molecule has 0 radical (unpaired) electrons. The molecule has 3 N–H and O–H groups in total. The molecule has 0 saturated heterocycles. The summed E-state index contributed by atoms with van der Waals surface area (Å²) in [5, 5.41) is 9.15. The zero-order chi connectivity index (χ0) is 12.1. The van der Waals surface area contributed by atoms with Gasteiger partial charge in [-0.25, -0.2) is 0 Å². The van der Waals surface area contributed by atoms with Crippen LogP contribution in [0.25, 0.3) is 0 Å². The van der Waals surface area contributed by atoms with Crippen LogP contribution >= 0.6 is 0 Å². The summed E-state index contributed by atoms with van der Waals surface area (Å²) in [5.74, 6) is -0.344. The van der Waals surface area contributed by atoms with Gasteiger partial charge in [0, 0.05) is 5.92 Å². The smallest absolute Gasteiger partial charge is 0.323 e. The molecule has 16 heavy (non-hydrogen) atoms. The monoisotopic (exact) mass is 223 g/mol. The Bertz CT molecular complexity index is 348. The largest absolute Gasteiger partial charge is 0.508 e. The van der Waals surface area contributed by atoms with Crippen LogP contribution in [0.3, 0.4) is 0 Å². The van der Waals surface area contributed by atoms with E-state index < -0.39 is 12.0 Å². The molecule has 1 aromatic rings. The third-order valence-corrected chi connectivity index (χ3v) is 2.52. The Hall–Kier alpha value is -1.55. The summed E-state index contributed by atoms with van der Waals surface area (Å²) in [6, 6.07) is 5.97. The fraction of sp³-hybridized carbons (Fsp3) is 0.417. The Morgan fingerprint density at radius 1 is 1.44 bits per heavy atom. The van der Waals surface area contributed by atoms with Crippen molar-refractivity contribution in [3.8, 4) is 5.75 Å². The van der Waals surface area contributed by atoms with Gasteiger partial charge in [-0.3, -0.25) is 4.79 Å². The number of hydrogen-bond acceptors (Lipinski definition) is 4. The Balaban J connectivity index is 2.73. The molecule has 0 aliphatic rings. The third kappa shape index (κ3) is 2.97. The van der Waals surface area contributed by atoms with E-state index in [9.17, 15) is 4.79 Å². The van der Waals surface area contributed by atoms with E-state index in [4.69, 9.17) is 15.6 Å². The molecule has 0 fully saturated rings. The van der Waals surface area contributed by atoms with Gasteiger partial charge in [-0.15, -0.1) is 0 Å². The lowest BCUT2D eigenvalue weighted by Crippen LogP contribution is -2.37. The van der Waals surface area contributed by atoms with Crippen molar-refractivity contribution >= 4 is 5.97 Å². The second-order valence-electron chi connectivity index (χ2n) is 3.66. The Kier molecular flexibility index (Phi) is 4.31. The van der Waals surface area contributed by atoms with Crippen molar-refractivity contribution in [2.75, 3.05) is 6.61 Å². The van der Waals surface area contributed by atoms with E-state index in [1.165, 1.54) is 0 Å². The lowest BCUT2D eigenvalue weighted by molar-refractivity contribution is -0.145. The quantitative estimate of drug-likeness (QED) is 0.756. The van der Waals surface area contributed by atoms with Crippen molar-refractivity contribution in [2.45, 2.75) is 25.8 Å². The summed E-state index contributed by atoms with van der Waals surface area (Å²) in [5.41, 5.74) is 6.68. The van der Waals surface area contributed by atoms with Gasteiger partial charge in [0.2, 0.25) is 0 Å². The Morgan fingerprint density at radius 3 is 2.50 bits per heavy atom. The van der Waals surface area contributed by atoms with E-state index in [1.54, 1.807) is 31.2 Å². The molecule has 0 heterocycles. The maximum absolute atomic E-state index is 11.4. The van der Waals surface area contributed by atoms with Crippen molar-refractivity contribution in [1.82, 2.24) is 0 Å².